The number of nitrogens with one attached hydrogen (secondary N) is 1. The molecule has 3 heterocycles. The lowest BCUT2D eigenvalue weighted by Gasteiger charge is -2.12. The van der Waals surface area contributed by atoms with Crippen LogP contribution in [-0.4, -0.2) is 26.5 Å². The van der Waals surface area contributed by atoms with E-state index in [9.17, 15) is 9.59 Å². The number of carbonyl (C=O) groups excluding carboxylic acids is 1. The van der Waals surface area contributed by atoms with E-state index >= 15 is 0 Å². The maximum Gasteiger partial charge on any atom is 0.271 e. The van der Waals surface area contributed by atoms with Crippen molar-refractivity contribution in [1.29, 1.82) is 0 Å². The van der Waals surface area contributed by atoms with E-state index in [1.807, 2.05) is 12.1 Å². The van der Waals surface area contributed by atoms with Crippen molar-refractivity contribution in [3.05, 3.63) is 35.0 Å². The minimum absolute atomic E-state index is 0.0138. The molecular formula is C16H16N4O2S. The lowest BCUT2D eigenvalue weighted by molar-refractivity contribution is -0.122. The van der Waals surface area contributed by atoms with Crippen LogP contribution in [0.25, 0.3) is 20.4 Å². The molecular weight excluding hydrogens is 312 g/mol. The van der Waals surface area contributed by atoms with Crippen LogP contribution < -0.4 is 10.9 Å². The third-order valence-corrected chi connectivity index (χ3v) is 5.35. The standard InChI is InChI=1S/C16H16N4O2S/c21-12(19-10-4-1-2-5-10)8-20-9-18-13-11-6-3-7-17-15(11)23-14(13)16(20)22/h3,6-7,9-10H,1-2,4-5,8H2,(H,19,21). The maximum absolute atomic E-state index is 12.6. The summed E-state index contributed by atoms with van der Waals surface area (Å²) in [6.45, 7) is 0.0138. The van der Waals surface area contributed by atoms with Gasteiger partial charge in [-0.3, -0.25) is 14.2 Å². The van der Waals surface area contributed by atoms with Gasteiger partial charge in [-0.15, -0.1) is 11.3 Å². The van der Waals surface area contributed by atoms with E-state index in [0.29, 0.717) is 10.2 Å². The molecule has 23 heavy (non-hydrogen) atoms. The number of fused-ring (bicyclic) bond motifs is 3. The van der Waals surface area contributed by atoms with Gasteiger partial charge in [0.05, 0.1) is 11.8 Å². The molecule has 1 saturated carbocycles. The van der Waals surface area contributed by atoms with Crippen molar-refractivity contribution in [1.82, 2.24) is 19.9 Å². The highest BCUT2D eigenvalue weighted by Crippen LogP contribution is 2.27. The fourth-order valence-corrected chi connectivity index (χ4v) is 4.16. The van der Waals surface area contributed by atoms with Gasteiger partial charge in [0.15, 0.2) is 0 Å². The second kappa shape index (κ2) is 5.73. The lowest BCUT2D eigenvalue weighted by Crippen LogP contribution is -2.37. The zero-order valence-electron chi connectivity index (χ0n) is 12.5. The Morgan fingerprint density at radius 1 is 1.35 bits per heavy atom. The predicted octanol–water partition coefficient (Wildman–Crippen LogP) is 2.06. The summed E-state index contributed by atoms with van der Waals surface area (Å²) in [5.41, 5.74) is 0.482. The minimum atomic E-state index is -0.181. The molecule has 0 saturated heterocycles. The number of amides is 1. The second-order valence-electron chi connectivity index (χ2n) is 5.86. The maximum atomic E-state index is 12.6. The van der Waals surface area contributed by atoms with E-state index in [1.54, 1.807) is 6.20 Å². The average molecular weight is 328 g/mol. The van der Waals surface area contributed by atoms with Crippen LogP contribution in [-0.2, 0) is 11.3 Å². The van der Waals surface area contributed by atoms with Gasteiger partial charge in [-0.05, 0) is 25.0 Å². The van der Waals surface area contributed by atoms with E-state index in [4.69, 9.17) is 0 Å². The van der Waals surface area contributed by atoms with Crippen LogP contribution in [0, 0.1) is 0 Å². The third-order valence-electron chi connectivity index (χ3n) is 4.26. The van der Waals surface area contributed by atoms with Gasteiger partial charge in [0.1, 0.15) is 16.1 Å². The highest BCUT2D eigenvalue weighted by molar-refractivity contribution is 7.25. The summed E-state index contributed by atoms with van der Waals surface area (Å²) in [5.74, 6) is -0.126. The van der Waals surface area contributed by atoms with E-state index < -0.39 is 0 Å². The number of thiophene rings is 1. The zero-order chi connectivity index (χ0) is 15.8. The number of aromatic nitrogens is 3. The first kappa shape index (κ1) is 14.3. The molecule has 0 aromatic carbocycles. The SMILES string of the molecule is O=C(Cn1cnc2c(sc3ncccc32)c1=O)NC1CCCC1. The Hall–Kier alpha value is -2.28. The fourth-order valence-electron chi connectivity index (χ4n) is 3.11. The van der Waals surface area contributed by atoms with E-state index in [2.05, 4.69) is 15.3 Å². The Morgan fingerprint density at radius 3 is 3.00 bits per heavy atom. The minimum Gasteiger partial charge on any atom is -0.352 e. The first-order valence-corrected chi connectivity index (χ1v) is 8.56. The number of rotatable bonds is 3. The van der Waals surface area contributed by atoms with Gasteiger partial charge in [-0.25, -0.2) is 9.97 Å². The fraction of sp³-hybridized carbons (Fsp3) is 0.375. The number of pyridine rings is 1. The summed E-state index contributed by atoms with van der Waals surface area (Å²) in [5, 5.41) is 3.88. The van der Waals surface area contributed by atoms with Crippen molar-refractivity contribution >= 4 is 37.7 Å². The van der Waals surface area contributed by atoms with Crippen LogP contribution in [0.15, 0.2) is 29.5 Å². The van der Waals surface area contributed by atoms with E-state index in [1.165, 1.54) is 22.2 Å². The molecule has 0 bridgehead atoms. The first-order valence-electron chi connectivity index (χ1n) is 7.74. The lowest BCUT2D eigenvalue weighted by atomic mass is 10.2. The van der Waals surface area contributed by atoms with Crippen molar-refractivity contribution in [3.63, 3.8) is 0 Å². The van der Waals surface area contributed by atoms with Gasteiger partial charge >= 0.3 is 0 Å². The molecule has 1 N–H and O–H groups in total. The zero-order valence-corrected chi connectivity index (χ0v) is 13.3. The normalized spacial score (nSPS) is 15.5. The third kappa shape index (κ3) is 2.61. The highest BCUT2D eigenvalue weighted by atomic mass is 32.1. The second-order valence-corrected chi connectivity index (χ2v) is 6.86. The van der Waals surface area contributed by atoms with Crippen LogP contribution in [0.1, 0.15) is 25.7 Å². The molecule has 0 atom stereocenters. The molecule has 7 heteroatoms. The molecule has 1 aliphatic rings. The van der Waals surface area contributed by atoms with Crippen molar-refractivity contribution in [2.24, 2.45) is 0 Å². The number of hydrogen-bond acceptors (Lipinski definition) is 5. The van der Waals surface area contributed by atoms with Crippen molar-refractivity contribution in [2.45, 2.75) is 38.3 Å². The summed E-state index contributed by atoms with van der Waals surface area (Å²) >= 11 is 1.32. The van der Waals surface area contributed by atoms with Gasteiger partial charge in [0, 0.05) is 17.6 Å². The van der Waals surface area contributed by atoms with Gasteiger partial charge in [0.25, 0.3) is 5.56 Å². The topological polar surface area (TPSA) is 76.9 Å². The summed E-state index contributed by atoms with van der Waals surface area (Å²) in [6.07, 6.45) is 7.53. The Bertz CT molecular complexity index is 940. The van der Waals surface area contributed by atoms with Gasteiger partial charge in [-0.1, -0.05) is 12.8 Å². The van der Waals surface area contributed by atoms with Crippen LogP contribution in [0.3, 0.4) is 0 Å². The predicted molar refractivity (Wildman–Crippen MR) is 89.6 cm³/mol. The smallest absolute Gasteiger partial charge is 0.271 e. The Labute approximate surface area is 136 Å². The molecule has 0 spiro atoms. The van der Waals surface area contributed by atoms with Crippen LogP contribution in [0.2, 0.25) is 0 Å². The van der Waals surface area contributed by atoms with Crippen LogP contribution in [0.4, 0.5) is 0 Å². The molecule has 4 rings (SSSR count). The van der Waals surface area contributed by atoms with Gasteiger partial charge in [0.2, 0.25) is 5.91 Å². The van der Waals surface area contributed by atoms with E-state index in [0.717, 1.165) is 35.9 Å². The summed E-state index contributed by atoms with van der Waals surface area (Å²) in [6, 6.07) is 3.99. The Kier molecular flexibility index (Phi) is 3.57. The van der Waals surface area contributed by atoms with E-state index in [-0.39, 0.29) is 24.1 Å². The molecule has 6 nitrogen and oxygen atoms in total. The molecule has 118 valence electrons. The van der Waals surface area contributed by atoms with Crippen molar-refractivity contribution < 1.29 is 4.79 Å². The molecule has 3 aromatic rings. The first-order chi connectivity index (χ1) is 11.2. The average Bonchev–Trinajstić information content (AvgIpc) is 3.17. The van der Waals surface area contributed by atoms with Crippen LogP contribution in [0.5, 0.6) is 0 Å². The number of hydrogen-bond donors (Lipinski definition) is 1. The monoisotopic (exact) mass is 328 g/mol. The molecule has 1 aliphatic carbocycles. The van der Waals surface area contributed by atoms with Gasteiger partial charge in [-0.2, -0.15) is 0 Å². The Balaban J connectivity index is 1.65. The number of carbonyl (C=O) groups is 1. The molecule has 1 fully saturated rings. The number of nitrogens with zero attached hydrogens (tertiary/aromatic N) is 3. The molecule has 0 unspecified atom stereocenters. The summed E-state index contributed by atoms with van der Waals surface area (Å²) < 4.78 is 1.93. The highest BCUT2D eigenvalue weighted by Gasteiger charge is 2.18. The van der Waals surface area contributed by atoms with Crippen molar-refractivity contribution in [2.75, 3.05) is 0 Å². The van der Waals surface area contributed by atoms with Crippen molar-refractivity contribution in [3.8, 4) is 0 Å². The van der Waals surface area contributed by atoms with Crippen LogP contribution >= 0.6 is 11.3 Å². The Morgan fingerprint density at radius 2 is 2.17 bits per heavy atom. The molecule has 0 radical (unpaired) electrons. The molecule has 0 aliphatic heterocycles. The molecule has 1 amide bonds. The summed E-state index contributed by atoms with van der Waals surface area (Å²) in [7, 11) is 0. The van der Waals surface area contributed by atoms with Gasteiger partial charge < -0.3 is 5.32 Å². The molecule has 3 aromatic heterocycles. The largest absolute Gasteiger partial charge is 0.352 e. The quantitative estimate of drug-likeness (QED) is 0.798. The summed E-state index contributed by atoms with van der Waals surface area (Å²) in [4.78, 5) is 34.1.